The van der Waals surface area contributed by atoms with Crippen LogP contribution >= 0.6 is 0 Å². The summed E-state index contributed by atoms with van der Waals surface area (Å²) in [5, 5.41) is 8.85. The minimum absolute atomic E-state index is 0.0334. The van der Waals surface area contributed by atoms with Gasteiger partial charge >= 0.3 is 5.97 Å². The first-order chi connectivity index (χ1) is 6.82. The van der Waals surface area contributed by atoms with Crippen LogP contribution in [0.3, 0.4) is 0 Å². The molecule has 0 radical (unpaired) electrons. The quantitative estimate of drug-likeness (QED) is 0.834. The van der Waals surface area contributed by atoms with Crippen molar-refractivity contribution in [2.75, 3.05) is 0 Å². The van der Waals surface area contributed by atoms with Gasteiger partial charge in [-0.25, -0.2) is 9.78 Å². The lowest BCUT2D eigenvalue weighted by atomic mass is 9.79. The van der Waals surface area contributed by atoms with Gasteiger partial charge in [-0.05, 0) is 11.3 Å². The van der Waals surface area contributed by atoms with Crippen LogP contribution in [0.5, 0.6) is 0 Å². The van der Waals surface area contributed by atoms with Crippen LogP contribution in [0.25, 0.3) is 0 Å². The molecule has 1 heterocycles. The van der Waals surface area contributed by atoms with Crippen molar-refractivity contribution in [3.05, 3.63) is 17.8 Å². The minimum Gasteiger partial charge on any atom is -0.476 e. The van der Waals surface area contributed by atoms with Gasteiger partial charge in [0.05, 0.1) is 0 Å². The molecule has 1 atom stereocenters. The number of carboxylic acids is 1. The topological polar surface area (TPSA) is 63.3 Å². The van der Waals surface area contributed by atoms with Crippen LogP contribution in [-0.2, 0) is 6.42 Å². The van der Waals surface area contributed by atoms with Crippen LogP contribution in [0, 0.1) is 11.3 Å². The maximum absolute atomic E-state index is 10.8. The zero-order valence-electron chi connectivity index (χ0n) is 9.57. The molecule has 1 aromatic heterocycles. The molecule has 0 fully saturated rings. The fraction of sp³-hybridized carbons (Fsp3) is 0.636. The van der Waals surface area contributed by atoms with Gasteiger partial charge in [-0.3, -0.25) is 0 Å². The Labute approximate surface area is 89.3 Å². The number of hydrogen-bond donors (Lipinski definition) is 1. The molecular formula is C11H17NO3. The fourth-order valence-electron chi connectivity index (χ4n) is 1.17. The largest absolute Gasteiger partial charge is 0.476 e. The molecule has 0 spiro atoms. The van der Waals surface area contributed by atoms with E-state index in [-0.39, 0.29) is 11.1 Å². The molecule has 4 nitrogen and oxygen atoms in total. The lowest BCUT2D eigenvalue weighted by molar-refractivity contribution is 0.0687. The normalized spacial score (nSPS) is 13.9. The molecule has 1 aromatic rings. The molecule has 1 unspecified atom stereocenters. The Kier molecular flexibility index (Phi) is 3.17. The second kappa shape index (κ2) is 4.04. The molecule has 0 bridgehead atoms. The van der Waals surface area contributed by atoms with E-state index in [0.29, 0.717) is 18.1 Å². The molecule has 0 aromatic carbocycles. The highest BCUT2D eigenvalue weighted by Crippen LogP contribution is 2.29. The van der Waals surface area contributed by atoms with Gasteiger partial charge in [0.2, 0.25) is 0 Å². The van der Waals surface area contributed by atoms with E-state index in [1.54, 1.807) is 0 Å². The van der Waals surface area contributed by atoms with E-state index in [1.807, 2.05) is 0 Å². The first kappa shape index (κ1) is 11.8. The first-order valence-electron chi connectivity index (χ1n) is 4.98. The van der Waals surface area contributed by atoms with Crippen LogP contribution in [-0.4, -0.2) is 16.1 Å². The molecule has 0 saturated carbocycles. The summed E-state index contributed by atoms with van der Waals surface area (Å²) in [6.07, 6.45) is 1.79. The maximum Gasteiger partial charge on any atom is 0.358 e. The predicted molar refractivity (Wildman–Crippen MR) is 55.8 cm³/mol. The van der Waals surface area contributed by atoms with E-state index < -0.39 is 5.97 Å². The van der Waals surface area contributed by atoms with Gasteiger partial charge in [-0.2, -0.15) is 0 Å². The van der Waals surface area contributed by atoms with Gasteiger partial charge < -0.3 is 9.52 Å². The monoisotopic (exact) mass is 211 g/mol. The Bertz CT molecular complexity index is 349. The number of hydrogen-bond acceptors (Lipinski definition) is 3. The van der Waals surface area contributed by atoms with Crippen molar-refractivity contribution in [2.45, 2.75) is 34.1 Å². The lowest BCUT2D eigenvalue weighted by Crippen LogP contribution is -2.20. The number of rotatable bonds is 3. The van der Waals surface area contributed by atoms with Crippen molar-refractivity contribution in [1.29, 1.82) is 0 Å². The SMILES string of the molecule is CC(Cc1ocnc1C(=O)O)C(C)(C)C. The summed E-state index contributed by atoms with van der Waals surface area (Å²) in [5.74, 6) is -0.228. The fourth-order valence-corrected chi connectivity index (χ4v) is 1.17. The van der Waals surface area contributed by atoms with Gasteiger partial charge in [0.25, 0.3) is 0 Å². The van der Waals surface area contributed by atoms with Crippen LogP contribution in [0.1, 0.15) is 43.9 Å². The number of carboxylic acid groups (broad SMARTS) is 1. The molecular weight excluding hydrogens is 194 g/mol. The standard InChI is InChI=1S/C11H17NO3/c1-7(11(2,3)4)5-8-9(10(13)14)12-6-15-8/h6-7H,5H2,1-4H3,(H,13,14). The van der Waals surface area contributed by atoms with Crippen LogP contribution in [0.4, 0.5) is 0 Å². The van der Waals surface area contributed by atoms with Crippen LogP contribution in [0.2, 0.25) is 0 Å². The molecule has 0 aliphatic rings. The molecule has 0 amide bonds. The van der Waals surface area contributed by atoms with Crippen LogP contribution in [0.15, 0.2) is 10.8 Å². The molecule has 4 heteroatoms. The van der Waals surface area contributed by atoms with Crippen molar-refractivity contribution in [2.24, 2.45) is 11.3 Å². The summed E-state index contributed by atoms with van der Waals surface area (Å²) in [7, 11) is 0. The number of aromatic nitrogens is 1. The Balaban J connectivity index is 2.81. The first-order valence-corrected chi connectivity index (χ1v) is 4.98. The summed E-state index contributed by atoms with van der Waals surface area (Å²) < 4.78 is 5.10. The van der Waals surface area contributed by atoms with E-state index in [1.165, 1.54) is 6.39 Å². The summed E-state index contributed by atoms with van der Waals surface area (Å²) in [6, 6.07) is 0. The van der Waals surface area contributed by atoms with Gasteiger partial charge in [0, 0.05) is 6.42 Å². The van der Waals surface area contributed by atoms with E-state index in [9.17, 15) is 4.79 Å². The highest BCUT2D eigenvalue weighted by molar-refractivity contribution is 5.86. The number of carbonyl (C=O) groups is 1. The highest BCUT2D eigenvalue weighted by atomic mass is 16.4. The average Bonchev–Trinajstić information content (AvgIpc) is 2.50. The van der Waals surface area contributed by atoms with Gasteiger partial charge in [0.15, 0.2) is 12.1 Å². The van der Waals surface area contributed by atoms with Gasteiger partial charge in [-0.15, -0.1) is 0 Å². The van der Waals surface area contributed by atoms with Gasteiger partial charge in [-0.1, -0.05) is 27.7 Å². The second-order valence-electron chi connectivity index (χ2n) is 4.90. The van der Waals surface area contributed by atoms with Crippen molar-refractivity contribution in [1.82, 2.24) is 4.98 Å². The van der Waals surface area contributed by atoms with Crippen molar-refractivity contribution in [3.8, 4) is 0 Å². The third kappa shape index (κ3) is 2.81. The predicted octanol–water partition coefficient (Wildman–Crippen LogP) is 2.60. The molecule has 1 N–H and O–H groups in total. The van der Waals surface area contributed by atoms with Crippen LogP contribution < -0.4 is 0 Å². The molecule has 0 saturated heterocycles. The molecule has 0 aliphatic heterocycles. The van der Waals surface area contributed by atoms with E-state index in [2.05, 4.69) is 32.7 Å². The number of aromatic carboxylic acids is 1. The van der Waals surface area contributed by atoms with Crippen molar-refractivity contribution in [3.63, 3.8) is 0 Å². The molecule has 0 aliphatic carbocycles. The second-order valence-corrected chi connectivity index (χ2v) is 4.90. The van der Waals surface area contributed by atoms with E-state index in [0.717, 1.165) is 0 Å². The summed E-state index contributed by atoms with van der Waals surface area (Å²) in [5.41, 5.74) is 0.161. The van der Waals surface area contributed by atoms with Gasteiger partial charge in [0.1, 0.15) is 5.76 Å². The number of oxazole rings is 1. The van der Waals surface area contributed by atoms with Crippen molar-refractivity contribution >= 4 is 5.97 Å². The van der Waals surface area contributed by atoms with E-state index in [4.69, 9.17) is 9.52 Å². The number of nitrogens with zero attached hydrogens (tertiary/aromatic N) is 1. The summed E-state index contributed by atoms with van der Waals surface area (Å²) >= 11 is 0. The Morgan fingerprint density at radius 2 is 2.20 bits per heavy atom. The summed E-state index contributed by atoms with van der Waals surface area (Å²) in [4.78, 5) is 14.5. The molecule has 84 valence electrons. The zero-order valence-corrected chi connectivity index (χ0v) is 9.57. The highest BCUT2D eigenvalue weighted by Gasteiger charge is 2.24. The third-order valence-electron chi connectivity index (χ3n) is 2.81. The Morgan fingerprint density at radius 3 is 2.67 bits per heavy atom. The smallest absolute Gasteiger partial charge is 0.358 e. The molecule has 1 rings (SSSR count). The lowest BCUT2D eigenvalue weighted by Gasteiger charge is -2.26. The minimum atomic E-state index is -1.03. The average molecular weight is 211 g/mol. The zero-order chi connectivity index (χ0) is 11.6. The van der Waals surface area contributed by atoms with Crippen molar-refractivity contribution < 1.29 is 14.3 Å². The third-order valence-corrected chi connectivity index (χ3v) is 2.81. The Morgan fingerprint density at radius 1 is 1.60 bits per heavy atom. The summed E-state index contributed by atoms with van der Waals surface area (Å²) in [6.45, 7) is 8.44. The maximum atomic E-state index is 10.8. The van der Waals surface area contributed by atoms with E-state index >= 15 is 0 Å². The molecule has 15 heavy (non-hydrogen) atoms. The Hall–Kier alpha value is -1.32.